The molecule has 0 bridgehead atoms. The molecule has 2 N–H and O–H groups in total. The molecule has 3 aromatic rings. The Hall–Kier alpha value is -1.87. The summed E-state index contributed by atoms with van der Waals surface area (Å²) in [5, 5.41) is 1.16. The number of hydrogen-bond acceptors (Lipinski definition) is 3. The van der Waals surface area contributed by atoms with E-state index in [0.29, 0.717) is 0 Å². The van der Waals surface area contributed by atoms with E-state index in [9.17, 15) is 0 Å². The molecular weight excluding hydrogens is 240 g/mol. The van der Waals surface area contributed by atoms with Crippen LogP contribution in [0.15, 0.2) is 42.5 Å². The lowest BCUT2D eigenvalue weighted by molar-refractivity contribution is 1.13. The molecule has 18 heavy (non-hydrogen) atoms. The van der Waals surface area contributed by atoms with Crippen LogP contribution in [0.5, 0.6) is 0 Å². The zero-order chi connectivity index (χ0) is 12.5. The van der Waals surface area contributed by atoms with Gasteiger partial charge in [-0.3, -0.25) is 0 Å². The van der Waals surface area contributed by atoms with Crippen molar-refractivity contribution in [1.82, 2.24) is 4.98 Å². The average Bonchev–Trinajstić information content (AvgIpc) is 2.75. The number of benzene rings is 2. The molecule has 0 fully saturated rings. The number of thiazole rings is 1. The minimum absolute atomic E-state index is 0.820. The second-order valence-electron chi connectivity index (χ2n) is 4.44. The predicted octanol–water partition coefficient (Wildman–Crippen LogP) is 3.78. The van der Waals surface area contributed by atoms with E-state index in [1.54, 1.807) is 11.3 Å². The molecule has 0 atom stereocenters. The number of aromatic nitrogens is 1. The van der Waals surface area contributed by atoms with Gasteiger partial charge in [0.25, 0.3) is 0 Å². The fraction of sp³-hybridized carbons (Fsp3) is 0.133. The van der Waals surface area contributed by atoms with E-state index in [0.717, 1.165) is 22.6 Å². The number of nitrogens with zero attached hydrogens (tertiary/aromatic N) is 1. The molecule has 0 saturated heterocycles. The van der Waals surface area contributed by atoms with Crippen LogP contribution in [0, 0.1) is 6.92 Å². The Bertz CT molecular complexity index is 668. The second-order valence-corrected chi connectivity index (χ2v) is 5.55. The largest absolute Gasteiger partial charge is 0.399 e. The van der Waals surface area contributed by atoms with Crippen LogP contribution in [0.1, 0.15) is 16.1 Å². The van der Waals surface area contributed by atoms with Gasteiger partial charge in [0.15, 0.2) is 0 Å². The fourth-order valence-electron chi connectivity index (χ4n) is 2.08. The van der Waals surface area contributed by atoms with Crippen molar-refractivity contribution in [2.45, 2.75) is 13.3 Å². The fourth-order valence-corrected chi connectivity index (χ4v) is 3.07. The van der Waals surface area contributed by atoms with Gasteiger partial charge in [0, 0.05) is 12.1 Å². The van der Waals surface area contributed by atoms with Gasteiger partial charge in [-0.15, -0.1) is 11.3 Å². The zero-order valence-corrected chi connectivity index (χ0v) is 11.0. The Labute approximate surface area is 110 Å². The van der Waals surface area contributed by atoms with E-state index in [1.165, 1.54) is 15.8 Å². The highest BCUT2D eigenvalue weighted by Gasteiger charge is 2.06. The summed E-state index contributed by atoms with van der Waals surface area (Å²) in [6.07, 6.45) is 0.880. The van der Waals surface area contributed by atoms with Crippen LogP contribution >= 0.6 is 11.3 Å². The molecule has 3 heteroatoms. The maximum atomic E-state index is 5.77. The maximum Gasteiger partial charge on any atom is 0.0982 e. The van der Waals surface area contributed by atoms with E-state index in [1.807, 2.05) is 18.2 Å². The van der Waals surface area contributed by atoms with E-state index in [2.05, 4.69) is 36.2 Å². The third-order valence-electron chi connectivity index (χ3n) is 3.05. The van der Waals surface area contributed by atoms with Gasteiger partial charge in [0.1, 0.15) is 0 Å². The van der Waals surface area contributed by atoms with Crippen LogP contribution < -0.4 is 5.73 Å². The van der Waals surface area contributed by atoms with Crippen molar-refractivity contribution < 1.29 is 0 Å². The number of rotatable bonds is 2. The van der Waals surface area contributed by atoms with Gasteiger partial charge in [-0.2, -0.15) is 0 Å². The van der Waals surface area contributed by atoms with Crippen LogP contribution in [0.4, 0.5) is 5.69 Å². The van der Waals surface area contributed by atoms with Crippen LogP contribution in [0.3, 0.4) is 0 Å². The monoisotopic (exact) mass is 254 g/mol. The van der Waals surface area contributed by atoms with Crippen molar-refractivity contribution in [1.29, 1.82) is 0 Å². The first kappa shape index (κ1) is 11.2. The summed E-state index contributed by atoms with van der Waals surface area (Å²) >= 11 is 1.76. The van der Waals surface area contributed by atoms with Gasteiger partial charge in [-0.25, -0.2) is 4.98 Å². The molecular formula is C15H14N2S. The third-order valence-corrected chi connectivity index (χ3v) is 4.08. The first-order valence-corrected chi connectivity index (χ1v) is 6.73. The SMILES string of the molecule is Cc1cc(N)ccc1Cc1nc2ccccc2s1. The Kier molecular flexibility index (Phi) is 2.76. The molecule has 0 amide bonds. The van der Waals surface area contributed by atoms with Crippen LogP contribution in [-0.4, -0.2) is 4.98 Å². The first-order chi connectivity index (χ1) is 8.72. The minimum atomic E-state index is 0.820. The highest BCUT2D eigenvalue weighted by molar-refractivity contribution is 7.18. The molecule has 0 aliphatic carbocycles. The van der Waals surface area contributed by atoms with Gasteiger partial charge in [0.2, 0.25) is 0 Å². The number of hydrogen-bond donors (Lipinski definition) is 1. The molecule has 1 heterocycles. The first-order valence-electron chi connectivity index (χ1n) is 5.92. The number of aryl methyl sites for hydroxylation is 1. The van der Waals surface area contributed by atoms with Crippen molar-refractivity contribution in [2.24, 2.45) is 0 Å². The lowest BCUT2D eigenvalue weighted by atomic mass is 10.1. The van der Waals surface area contributed by atoms with Gasteiger partial charge in [0.05, 0.1) is 15.2 Å². The molecule has 2 nitrogen and oxygen atoms in total. The van der Waals surface area contributed by atoms with Crippen molar-refractivity contribution in [2.75, 3.05) is 5.73 Å². The van der Waals surface area contributed by atoms with Crippen molar-refractivity contribution >= 4 is 27.2 Å². The summed E-state index contributed by atoms with van der Waals surface area (Å²) < 4.78 is 1.25. The Morgan fingerprint density at radius 3 is 2.78 bits per heavy atom. The van der Waals surface area contributed by atoms with E-state index < -0.39 is 0 Å². The molecule has 0 saturated carbocycles. The van der Waals surface area contributed by atoms with Gasteiger partial charge in [-0.05, 0) is 42.3 Å². The zero-order valence-electron chi connectivity index (χ0n) is 10.2. The standard InChI is InChI=1S/C15H14N2S/c1-10-8-12(16)7-6-11(10)9-15-17-13-4-2-3-5-14(13)18-15/h2-8H,9,16H2,1H3. The minimum Gasteiger partial charge on any atom is -0.399 e. The summed E-state index contributed by atoms with van der Waals surface area (Å²) in [6, 6.07) is 14.3. The Morgan fingerprint density at radius 1 is 1.17 bits per heavy atom. The van der Waals surface area contributed by atoms with Crippen molar-refractivity contribution in [3.8, 4) is 0 Å². The molecule has 0 aliphatic rings. The quantitative estimate of drug-likeness (QED) is 0.707. The molecule has 2 aromatic carbocycles. The summed E-state index contributed by atoms with van der Waals surface area (Å²) in [6.45, 7) is 2.10. The summed E-state index contributed by atoms with van der Waals surface area (Å²) in [7, 11) is 0. The summed E-state index contributed by atoms with van der Waals surface area (Å²) in [5.41, 5.74) is 10.2. The number of para-hydroxylation sites is 1. The molecule has 0 spiro atoms. The average molecular weight is 254 g/mol. The van der Waals surface area contributed by atoms with E-state index >= 15 is 0 Å². The number of anilines is 1. The molecule has 3 rings (SSSR count). The van der Waals surface area contributed by atoms with Crippen molar-refractivity contribution in [3.63, 3.8) is 0 Å². The normalized spacial score (nSPS) is 10.9. The van der Waals surface area contributed by atoms with E-state index in [-0.39, 0.29) is 0 Å². The third kappa shape index (κ3) is 2.09. The number of fused-ring (bicyclic) bond motifs is 1. The van der Waals surface area contributed by atoms with E-state index in [4.69, 9.17) is 5.73 Å². The maximum absolute atomic E-state index is 5.77. The second kappa shape index (κ2) is 4.42. The van der Waals surface area contributed by atoms with Crippen LogP contribution in [0.2, 0.25) is 0 Å². The summed E-state index contributed by atoms with van der Waals surface area (Å²) in [4.78, 5) is 4.66. The number of nitrogen functional groups attached to an aromatic ring is 1. The van der Waals surface area contributed by atoms with Gasteiger partial charge >= 0.3 is 0 Å². The van der Waals surface area contributed by atoms with Crippen LogP contribution in [0.25, 0.3) is 10.2 Å². The van der Waals surface area contributed by atoms with Gasteiger partial charge in [-0.1, -0.05) is 18.2 Å². The van der Waals surface area contributed by atoms with Crippen LogP contribution in [-0.2, 0) is 6.42 Å². The highest BCUT2D eigenvalue weighted by atomic mass is 32.1. The topological polar surface area (TPSA) is 38.9 Å². The highest BCUT2D eigenvalue weighted by Crippen LogP contribution is 2.25. The lowest BCUT2D eigenvalue weighted by Crippen LogP contribution is -1.93. The smallest absolute Gasteiger partial charge is 0.0982 e. The molecule has 1 aromatic heterocycles. The molecule has 0 aliphatic heterocycles. The Balaban J connectivity index is 1.96. The number of nitrogens with two attached hydrogens (primary N) is 1. The summed E-state index contributed by atoms with van der Waals surface area (Å²) in [5.74, 6) is 0. The van der Waals surface area contributed by atoms with Crippen molar-refractivity contribution in [3.05, 3.63) is 58.6 Å². The molecule has 0 unspecified atom stereocenters. The van der Waals surface area contributed by atoms with Gasteiger partial charge < -0.3 is 5.73 Å². The molecule has 90 valence electrons. The molecule has 0 radical (unpaired) electrons. The Morgan fingerprint density at radius 2 is 2.00 bits per heavy atom. The lowest BCUT2D eigenvalue weighted by Gasteiger charge is -2.04. The predicted molar refractivity (Wildman–Crippen MR) is 78.0 cm³/mol.